The quantitative estimate of drug-likeness (QED) is 0.244. The van der Waals surface area contributed by atoms with Gasteiger partial charge in [-0.2, -0.15) is 0 Å². The molecule has 0 saturated heterocycles. The van der Waals surface area contributed by atoms with Crippen molar-refractivity contribution in [3.63, 3.8) is 0 Å². The summed E-state index contributed by atoms with van der Waals surface area (Å²) in [4.78, 5) is 11.0. The number of carbonyl (C=O) groups is 1. The summed E-state index contributed by atoms with van der Waals surface area (Å²) in [6.45, 7) is 4.17. The molecule has 1 rings (SSSR count). The minimum Gasteiger partial charge on any atom is -0.878 e. The number of Topliss-reactive ketones (excluding diaryl/α,β-unsaturated/α-hetero) is 1. The van der Waals surface area contributed by atoms with Crippen molar-refractivity contribution in [1.82, 2.24) is 0 Å². The largest absolute Gasteiger partial charge is 1.00 e. The van der Waals surface area contributed by atoms with Crippen LogP contribution < -0.4 is 34.7 Å². The Morgan fingerprint density at radius 2 is 2.08 bits per heavy atom. The van der Waals surface area contributed by atoms with Crippen molar-refractivity contribution in [3.8, 4) is 0 Å². The summed E-state index contributed by atoms with van der Waals surface area (Å²) in [5, 5.41) is 10.4. The van der Waals surface area contributed by atoms with Crippen molar-refractivity contribution in [1.29, 1.82) is 0 Å². The van der Waals surface area contributed by atoms with E-state index in [4.69, 9.17) is 0 Å². The van der Waals surface area contributed by atoms with Gasteiger partial charge in [-0.15, -0.1) is 6.26 Å². The molecule has 0 aromatic rings. The Morgan fingerprint density at radius 3 is 2.50 bits per heavy atom. The van der Waals surface area contributed by atoms with Gasteiger partial charge in [0.1, 0.15) is 0 Å². The van der Waals surface area contributed by atoms with Gasteiger partial charge >= 0.3 is 29.6 Å². The van der Waals surface area contributed by atoms with Crippen LogP contribution in [0.2, 0.25) is 0 Å². The van der Waals surface area contributed by atoms with E-state index < -0.39 is 0 Å². The summed E-state index contributed by atoms with van der Waals surface area (Å²) in [5.74, 6) is 0.0410. The minimum absolute atomic E-state index is 0. The predicted molar refractivity (Wildman–Crippen MR) is 40.7 cm³/mol. The maximum absolute atomic E-state index is 11.0. The first-order valence-corrected chi connectivity index (χ1v) is 3.89. The Morgan fingerprint density at radius 1 is 1.50 bits per heavy atom. The number of carbonyl (C=O) groups excluding carboxylic acids is 1. The van der Waals surface area contributed by atoms with Gasteiger partial charge in [-0.25, -0.2) is 0 Å². The molecule has 0 aliphatic heterocycles. The first kappa shape index (κ1) is 12.2. The average Bonchev–Trinajstić information content (AvgIpc) is 1.94. The summed E-state index contributed by atoms with van der Waals surface area (Å²) < 4.78 is 0. The summed E-state index contributed by atoms with van der Waals surface area (Å²) in [6.07, 6.45) is 2.81. The smallest absolute Gasteiger partial charge is 0.878 e. The third kappa shape index (κ3) is 2.92. The normalized spacial score (nSPS) is 25.2. The molecule has 62 valence electrons. The molecular weight excluding hydrogens is 163 g/mol. The van der Waals surface area contributed by atoms with Crippen molar-refractivity contribution in [3.05, 3.63) is 11.8 Å². The molecule has 0 N–H and O–H groups in total. The van der Waals surface area contributed by atoms with E-state index in [0.717, 1.165) is 6.42 Å². The van der Waals surface area contributed by atoms with Crippen LogP contribution in [0.1, 0.15) is 33.1 Å². The van der Waals surface area contributed by atoms with Gasteiger partial charge in [0.05, 0.1) is 0 Å². The van der Waals surface area contributed by atoms with Gasteiger partial charge in [0.25, 0.3) is 0 Å². The van der Waals surface area contributed by atoms with E-state index in [1.54, 1.807) is 0 Å². The zero-order chi connectivity index (χ0) is 8.48. The third-order valence-corrected chi connectivity index (χ3v) is 2.20. The van der Waals surface area contributed by atoms with E-state index in [1.807, 2.05) is 0 Å². The first-order valence-electron chi connectivity index (χ1n) is 3.89. The molecule has 3 heteroatoms. The second-order valence-corrected chi connectivity index (χ2v) is 3.91. The van der Waals surface area contributed by atoms with E-state index in [2.05, 4.69) is 13.8 Å². The molecular formula is C9H13NaO2. The Bertz CT molecular complexity index is 207. The van der Waals surface area contributed by atoms with Gasteiger partial charge in [0.15, 0.2) is 5.78 Å². The maximum atomic E-state index is 11.0. The number of allylic oxidation sites excluding steroid dienone is 1. The molecule has 0 radical (unpaired) electrons. The van der Waals surface area contributed by atoms with Gasteiger partial charge in [-0.1, -0.05) is 13.8 Å². The van der Waals surface area contributed by atoms with Crippen LogP contribution >= 0.6 is 0 Å². The topological polar surface area (TPSA) is 40.1 Å². The van der Waals surface area contributed by atoms with Crippen LogP contribution in [0.4, 0.5) is 0 Å². The average molecular weight is 176 g/mol. The van der Waals surface area contributed by atoms with Gasteiger partial charge < -0.3 is 5.11 Å². The Balaban J connectivity index is 0.00000121. The third-order valence-electron chi connectivity index (χ3n) is 2.20. The van der Waals surface area contributed by atoms with E-state index in [1.165, 1.54) is 0 Å². The summed E-state index contributed by atoms with van der Waals surface area (Å²) in [7, 11) is 0. The predicted octanol–water partition coefficient (Wildman–Crippen LogP) is -1.99. The second-order valence-electron chi connectivity index (χ2n) is 3.91. The molecule has 1 fully saturated rings. The Kier molecular flexibility index (Phi) is 4.53. The molecule has 0 unspecified atom stereocenters. The number of hydrogen-bond donors (Lipinski definition) is 0. The molecule has 0 amide bonds. The maximum Gasteiger partial charge on any atom is 1.00 e. The van der Waals surface area contributed by atoms with Crippen molar-refractivity contribution < 1.29 is 39.5 Å². The zero-order valence-electron chi connectivity index (χ0n) is 8.02. The molecule has 0 aromatic heterocycles. The van der Waals surface area contributed by atoms with Crippen molar-refractivity contribution >= 4 is 5.78 Å². The Labute approximate surface area is 95.3 Å². The van der Waals surface area contributed by atoms with Crippen LogP contribution in [0.5, 0.6) is 0 Å². The molecule has 2 nitrogen and oxygen atoms in total. The zero-order valence-corrected chi connectivity index (χ0v) is 10.0. The molecule has 0 heterocycles. The minimum atomic E-state index is 0. The monoisotopic (exact) mass is 176 g/mol. The standard InChI is InChI=1S/C9H14O2.Na/c1-9(2)4-3-8(11)7(5-9)6-10;/h6,10H,3-5H2,1-2H3;/q;+1/p-1/b7-6+;. The van der Waals surface area contributed by atoms with Gasteiger partial charge in [-0.3, -0.25) is 4.79 Å². The summed E-state index contributed by atoms with van der Waals surface area (Å²) in [6, 6.07) is 0. The first-order chi connectivity index (χ1) is 5.05. The molecule has 0 bridgehead atoms. The molecule has 12 heavy (non-hydrogen) atoms. The van der Waals surface area contributed by atoms with E-state index in [0.29, 0.717) is 24.7 Å². The Hall–Kier alpha value is 0.210. The van der Waals surface area contributed by atoms with Crippen LogP contribution in [-0.4, -0.2) is 5.78 Å². The fourth-order valence-corrected chi connectivity index (χ4v) is 1.42. The van der Waals surface area contributed by atoms with Gasteiger partial charge in [0.2, 0.25) is 0 Å². The molecule has 0 atom stereocenters. The van der Waals surface area contributed by atoms with E-state index in [-0.39, 0.29) is 40.8 Å². The van der Waals surface area contributed by atoms with Crippen molar-refractivity contribution in [2.45, 2.75) is 33.1 Å². The number of ketones is 1. The fraction of sp³-hybridized carbons (Fsp3) is 0.667. The van der Waals surface area contributed by atoms with Crippen LogP contribution in [0.3, 0.4) is 0 Å². The van der Waals surface area contributed by atoms with Crippen LogP contribution in [-0.2, 0) is 4.79 Å². The van der Waals surface area contributed by atoms with E-state index in [9.17, 15) is 9.90 Å². The molecule has 1 saturated carbocycles. The SMILES string of the molecule is CC1(C)CCC(=O)/C(=C/[O-])C1.[Na+]. The fourth-order valence-electron chi connectivity index (χ4n) is 1.42. The molecule has 1 aliphatic carbocycles. The van der Waals surface area contributed by atoms with Gasteiger partial charge in [-0.05, 0) is 23.8 Å². The summed E-state index contributed by atoms with van der Waals surface area (Å²) >= 11 is 0. The van der Waals surface area contributed by atoms with Crippen LogP contribution in [0.15, 0.2) is 11.8 Å². The van der Waals surface area contributed by atoms with Crippen LogP contribution in [0.25, 0.3) is 0 Å². The molecule has 0 spiro atoms. The van der Waals surface area contributed by atoms with Crippen molar-refractivity contribution in [2.24, 2.45) is 5.41 Å². The van der Waals surface area contributed by atoms with Gasteiger partial charge in [0, 0.05) is 6.42 Å². The van der Waals surface area contributed by atoms with Crippen LogP contribution in [0, 0.1) is 5.41 Å². The molecule has 0 aromatic carbocycles. The van der Waals surface area contributed by atoms with Crippen molar-refractivity contribution in [2.75, 3.05) is 0 Å². The molecule has 1 aliphatic rings. The number of rotatable bonds is 0. The second kappa shape index (κ2) is 4.45. The number of hydrogen-bond acceptors (Lipinski definition) is 2. The summed E-state index contributed by atoms with van der Waals surface area (Å²) in [5.41, 5.74) is 0.616. The van der Waals surface area contributed by atoms with E-state index >= 15 is 0 Å².